The Morgan fingerprint density at radius 3 is 2.37 bits per heavy atom. The molecule has 0 fully saturated rings. The number of H-pyrrole nitrogens is 1. The number of aromatic amines is 1. The molecule has 138 valence electrons. The van der Waals surface area contributed by atoms with Gasteiger partial charge in [-0.1, -0.05) is 6.08 Å². The molecular formula is C18H11F3N2O4. The van der Waals surface area contributed by atoms with Gasteiger partial charge >= 0.3 is 5.97 Å². The van der Waals surface area contributed by atoms with E-state index in [9.17, 15) is 22.8 Å². The van der Waals surface area contributed by atoms with E-state index in [1.807, 2.05) is 0 Å². The highest BCUT2D eigenvalue weighted by molar-refractivity contribution is 5.88. The summed E-state index contributed by atoms with van der Waals surface area (Å²) < 4.78 is 46.0. The highest BCUT2D eigenvalue weighted by atomic mass is 19.1. The average molecular weight is 376 g/mol. The van der Waals surface area contributed by atoms with Gasteiger partial charge < -0.3 is 14.8 Å². The molecule has 1 aromatic heterocycles. The predicted octanol–water partition coefficient (Wildman–Crippen LogP) is 3.22. The number of rotatable bonds is 4. The lowest BCUT2D eigenvalue weighted by Gasteiger charge is -2.04. The van der Waals surface area contributed by atoms with Gasteiger partial charge in [0.25, 0.3) is 5.56 Å². The first-order chi connectivity index (χ1) is 12.8. The maximum Gasteiger partial charge on any atom is 0.341 e. The highest BCUT2D eigenvalue weighted by Gasteiger charge is 2.17. The SMILES string of the molecule is COc1cc2c(=O)[nH]c(/C=C/c3cc(F)c(C(=O)O)c(F)c3)nc2cc1F. The third-order valence-corrected chi connectivity index (χ3v) is 3.71. The zero-order valence-corrected chi connectivity index (χ0v) is 13.7. The largest absolute Gasteiger partial charge is 0.494 e. The minimum atomic E-state index is -1.72. The number of hydrogen-bond acceptors (Lipinski definition) is 4. The van der Waals surface area contributed by atoms with Gasteiger partial charge in [0.05, 0.1) is 18.0 Å². The van der Waals surface area contributed by atoms with Gasteiger partial charge in [-0.05, 0) is 29.8 Å². The summed E-state index contributed by atoms with van der Waals surface area (Å²) in [6, 6.07) is 3.89. The van der Waals surface area contributed by atoms with Gasteiger partial charge in [-0.2, -0.15) is 0 Å². The molecule has 0 amide bonds. The van der Waals surface area contributed by atoms with Gasteiger partial charge in [0, 0.05) is 6.07 Å². The molecule has 2 aromatic carbocycles. The van der Waals surface area contributed by atoms with E-state index in [1.54, 1.807) is 0 Å². The number of aromatic carboxylic acids is 1. The molecule has 3 rings (SSSR count). The molecule has 0 unspecified atom stereocenters. The number of carboxylic acid groups (broad SMARTS) is 1. The lowest BCUT2D eigenvalue weighted by molar-refractivity contribution is 0.0686. The van der Waals surface area contributed by atoms with Gasteiger partial charge in [-0.15, -0.1) is 0 Å². The number of nitrogens with zero attached hydrogens (tertiary/aromatic N) is 1. The molecule has 2 N–H and O–H groups in total. The van der Waals surface area contributed by atoms with Crippen molar-refractivity contribution in [3.8, 4) is 5.75 Å². The summed E-state index contributed by atoms with van der Waals surface area (Å²) in [5.41, 5.74) is -1.54. The number of halogens is 3. The first-order valence-electron chi connectivity index (χ1n) is 7.48. The molecule has 0 saturated heterocycles. The summed E-state index contributed by atoms with van der Waals surface area (Å²) in [5, 5.41) is 8.85. The smallest absolute Gasteiger partial charge is 0.341 e. The van der Waals surface area contributed by atoms with Crippen LogP contribution in [0.4, 0.5) is 13.2 Å². The van der Waals surface area contributed by atoms with Crippen LogP contribution in [0.3, 0.4) is 0 Å². The molecule has 0 aliphatic carbocycles. The van der Waals surface area contributed by atoms with Crippen LogP contribution in [0.25, 0.3) is 23.1 Å². The molecule has 3 aromatic rings. The van der Waals surface area contributed by atoms with Crippen LogP contribution in [0.1, 0.15) is 21.7 Å². The zero-order valence-electron chi connectivity index (χ0n) is 13.7. The molecule has 0 atom stereocenters. The van der Waals surface area contributed by atoms with Crippen molar-refractivity contribution in [2.24, 2.45) is 0 Å². The average Bonchev–Trinajstić information content (AvgIpc) is 2.58. The summed E-state index contributed by atoms with van der Waals surface area (Å²) in [5.74, 6) is -5.00. The first-order valence-corrected chi connectivity index (χ1v) is 7.48. The summed E-state index contributed by atoms with van der Waals surface area (Å²) in [6.07, 6.45) is 2.47. The fraction of sp³-hybridized carbons (Fsp3) is 0.0556. The molecule has 27 heavy (non-hydrogen) atoms. The van der Waals surface area contributed by atoms with Crippen LogP contribution in [0.2, 0.25) is 0 Å². The number of hydrogen-bond donors (Lipinski definition) is 2. The Hall–Kier alpha value is -3.62. The topological polar surface area (TPSA) is 92.3 Å². The van der Waals surface area contributed by atoms with Crippen molar-refractivity contribution in [1.82, 2.24) is 9.97 Å². The minimum absolute atomic E-state index is 0.0126. The number of carbonyl (C=O) groups is 1. The Balaban J connectivity index is 2.02. The molecule has 0 bridgehead atoms. The maximum absolute atomic E-state index is 13.8. The summed E-state index contributed by atoms with van der Waals surface area (Å²) in [4.78, 5) is 29.4. The second-order valence-corrected chi connectivity index (χ2v) is 5.45. The van der Waals surface area contributed by atoms with E-state index in [-0.39, 0.29) is 28.0 Å². The molecule has 0 radical (unpaired) electrons. The second-order valence-electron chi connectivity index (χ2n) is 5.45. The third-order valence-electron chi connectivity index (χ3n) is 3.71. The standard InChI is InChI=1S/C18H11F3N2O4/c1-27-14-6-9-13(7-10(14)19)22-15(23-17(9)24)3-2-8-4-11(20)16(18(25)26)12(21)5-8/h2-7H,1H3,(H,25,26)(H,22,23,24)/b3-2+. The fourth-order valence-corrected chi connectivity index (χ4v) is 2.46. The van der Waals surface area contributed by atoms with Gasteiger partial charge in [0.15, 0.2) is 11.6 Å². The van der Waals surface area contributed by atoms with Gasteiger partial charge in [-0.3, -0.25) is 4.79 Å². The zero-order chi connectivity index (χ0) is 19.7. The Morgan fingerprint density at radius 1 is 1.11 bits per heavy atom. The Kier molecular flexibility index (Phi) is 4.68. The van der Waals surface area contributed by atoms with Crippen LogP contribution >= 0.6 is 0 Å². The minimum Gasteiger partial charge on any atom is -0.494 e. The van der Waals surface area contributed by atoms with E-state index in [0.29, 0.717) is 0 Å². The summed E-state index contributed by atoms with van der Waals surface area (Å²) in [6.45, 7) is 0. The predicted molar refractivity (Wildman–Crippen MR) is 91.1 cm³/mol. The first kappa shape index (κ1) is 18.2. The van der Waals surface area contributed by atoms with Gasteiger partial charge in [0.2, 0.25) is 0 Å². The third kappa shape index (κ3) is 3.52. The van der Waals surface area contributed by atoms with E-state index in [1.165, 1.54) is 25.3 Å². The van der Waals surface area contributed by atoms with Crippen molar-refractivity contribution in [3.05, 3.63) is 69.0 Å². The van der Waals surface area contributed by atoms with E-state index in [0.717, 1.165) is 18.2 Å². The van der Waals surface area contributed by atoms with Crippen molar-refractivity contribution in [3.63, 3.8) is 0 Å². The van der Waals surface area contributed by atoms with E-state index in [2.05, 4.69) is 9.97 Å². The van der Waals surface area contributed by atoms with Crippen LogP contribution < -0.4 is 10.3 Å². The van der Waals surface area contributed by atoms with Gasteiger partial charge in [0.1, 0.15) is 23.0 Å². The lowest BCUT2D eigenvalue weighted by Crippen LogP contribution is -2.10. The number of fused-ring (bicyclic) bond motifs is 1. The number of aromatic nitrogens is 2. The molecule has 1 heterocycles. The Bertz CT molecular complexity index is 1130. The number of carboxylic acids is 1. The molecule has 0 aliphatic heterocycles. The van der Waals surface area contributed by atoms with Crippen LogP contribution in [0, 0.1) is 17.5 Å². The quantitative estimate of drug-likeness (QED) is 0.730. The molecule has 0 spiro atoms. The summed E-state index contributed by atoms with van der Waals surface area (Å²) >= 11 is 0. The highest BCUT2D eigenvalue weighted by Crippen LogP contribution is 2.22. The van der Waals surface area contributed by atoms with Crippen LogP contribution in [-0.4, -0.2) is 28.2 Å². The van der Waals surface area contributed by atoms with Crippen molar-refractivity contribution < 1.29 is 27.8 Å². The van der Waals surface area contributed by atoms with Crippen molar-refractivity contribution in [1.29, 1.82) is 0 Å². The normalized spacial score (nSPS) is 11.3. The monoisotopic (exact) mass is 376 g/mol. The van der Waals surface area contributed by atoms with Crippen molar-refractivity contribution in [2.45, 2.75) is 0 Å². The maximum atomic E-state index is 13.8. The molecule has 0 saturated carbocycles. The Morgan fingerprint density at radius 2 is 1.78 bits per heavy atom. The van der Waals surface area contributed by atoms with Crippen LogP contribution in [0.5, 0.6) is 5.75 Å². The van der Waals surface area contributed by atoms with Crippen molar-refractivity contribution in [2.75, 3.05) is 7.11 Å². The molecule has 9 heteroatoms. The van der Waals surface area contributed by atoms with E-state index in [4.69, 9.17) is 9.84 Å². The van der Waals surface area contributed by atoms with Gasteiger partial charge in [-0.25, -0.2) is 22.9 Å². The Labute approximate surface area is 149 Å². The van der Waals surface area contributed by atoms with Crippen molar-refractivity contribution >= 4 is 29.0 Å². The molecule has 6 nitrogen and oxygen atoms in total. The van der Waals surface area contributed by atoms with E-state index >= 15 is 0 Å². The molecular weight excluding hydrogens is 365 g/mol. The fourth-order valence-electron chi connectivity index (χ4n) is 2.46. The number of nitrogens with one attached hydrogen (secondary N) is 1. The van der Waals surface area contributed by atoms with Crippen LogP contribution in [-0.2, 0) is 0 Å². The van der Waals surface area contributed by atoms with E-state index < -0.39 is 34.5 Å². The summed E-state index contributed by atoms with van der Waals surface area (Å²) in [7, 11) is 1.26. The lowest BCUT2D eigenvalue weighted by atomic mass is 10.1. The van der Waals surface area contributed by atoms with Crippen LogP contribution in [0.15, 0.2) is 29.1 Å². The number of benzene rings is 2. The molecule has 0 aliphatic rings. The number of methoxy groups -OCH3 is 1. The second kappa shape index (κ2) is 6.94. The number of ether oxygens (including phenoxy) is 1.